The molecule has 1 N–H and O–H groups in total. The van der Waals surface area contributed by atoms with Crippen LogP contribution in [0.25, 0.3) is 5.57 Å². The van der Waals surface area contributed by atoms with Gasteiger partial charge in [0, 0.05) is 5.54 Å². The summed E-state index contributed by atoms with van der Waals surface area (Å²) in [4.78, 5) is 0. The number of hydrogen-bond acceptors (Lipinski definition) is 1. The molecule has 0 aromatic heterocycles. The predicted molar refractivity (Wildman–Crippen MR) is 118 cm³/mol. The Bertz CT molecular complexity index is 800. The van der Waals surface area contributed by atoms with Gasteiger partial charge in [-0.05, 0) is 74.8 Å². The molecule has 0 fully saturated rings. The number of benzene rings is 1. The molecule has 0 spiro atoms. The van der Waals surface area contributed by atoms with E-state index in [9.17, 15) is 0 Å². The predicted octanol–water partition coefficient (Wildman–Crippen LogP) is 6.54. The first kappa shape index (κ1) is 19.4. The van der Waals surface area contributed by atoms with Gasteiger partial charge in [-0.3, -0.25) is 0 Å². The standard InChI is InChI=1S/C26H31N/c1-3-4-15-24-21-26(2,19-18-25(24)23-16-9-6-10-17-23)27-20-11-14-22-12-7-5-8-13-22/h4,6-7,9-10,12-13,16-18,21,27H,1,5,8,11,14-15,19-20H2,2H3. The molecule has 0 bridgehead atoms. The second-order valence-electron chi connectivity index (χ2n) is 7.68. The first-order valence-electron chi connectivity index (χ1n) is 10.1. The molecule has 0 amide bonds. The molecular weight excluding hydrogens is 326 g/mol. The van der Waals surface area contributed by atoms with E-state index in [1.807, 2.05) is 6.08 Å². The van der Waals surface area contributed by atoms with E-state index >= 15 is 0 Å². The first-order chi connectivity index (χ1) is 13.2. The third-order valence-corrected chi connectivity index (χ3v) is 5.36. The lowest BCUT2D eigenvalue weighted by Gasteiger charge is -2.32. The normalized spacial score (nSPS) is 21.7. The molecular formula is C26H31N. The summed E-state index contributed by atoms with van der Waals surface area (Å²) >= 11 is 0. The smallest absolute Gasteiger partial charge is 0.0376 e. The van der Waals surface area contributed by atoms with E-state index in [0.29, 0.717) is 0 Å². The molecule has 1 aromatic rings. The molecule has 140 valence electrons. The van der Waals surface area contributed by atoms with Crippen LogP contribution in [-0.4, -0.2) is 12.1 Å². The Morgan fingerprint density at radius 3 is 2.78 bits per heavy atom. The van der Waals surface area contributed by atoms with Gasteiger partial charge in [0.05, 0.1) is 0 Å². The summed E-state index contributed by atoms with van der Waals surface area (Å²) in [5.41, 5.74) is 8.43. The van der Waals surface area contributed by atoms with Crippen LogP contribution in [0.5, 0.6) is 0 Å². The van der Waals surface area contributed by atoms with Gasteiger partial charge in [-0.1, -0.05) is 72.9 Å². The summed E-state index contributed by atoms with van der Waals surface area (Å²) < 4.78 is 0. The number of allylic oxidation sites excluding steroid dienone is 7. The van der Waals surface area contributed by atoms with Crippen molar-refractivity contribution in [3.05, 3.63) is 95.8 Å². The molecule has 1 heteroatoms. The molecule has 3 rings (SSSR count). The van der Waals surface area contributed by atoms with E-state index in [1.54, 1.807) is 0 Å². The van der Waals surface area contributed by atoms with Crippen molar-refractivity contribution in [2.45, 2.75) is 51.0 Å². The first-order valence-corrected chi connectivity index (χ1v) is 10.1. The topological polar surface area (TPSA) is 12.0 Å². The van der Waals surface area contributed by atoms with Crippen LogP contribution in [0.1, 0.15) is 51.0 Å². The molecule has 2 aliphatic rings. The molecule has 27 heavy (non-hydrogen) atoms. The SMILES string of the molecule is C=C=CCC1=CC(C)(NCCCC2=CCCC=C2)CC=C1c1ccccc1. The Hall–Kier alpha value is -2.34. The quantitative estimate of drug-likeness (QED) is 0.411. The zero-order valence-corrected chi connectivity index (χ0v) is 16.5. The van der Waals surface area contributed by atoms with Crippen LogP contribution < -0.4 is 5.32 Å². The largest absolute Gasteiger partial charge is 0.308 e. The molecule has 0 radical (unpaired) electrons. The highest BCUT2D eigenvalue weighted by atomic mass is 15.0. The molecule has 0 saturated heterocycles. The summed E-state index contributed by atoms with van der Waals surface area (Å²) in [6, 6.07) is 10.7. The minimum absolute atomic E-state index is 0.0133. The molecule has 0 heterocycles. The van der Waals surface area contributed by atoms with E-state index in [1.165, 1.54) is 48.0 Å². The number of rotatable bonds is 8. The maximum absolute atomic E-state index is 3.79. The van der Waals surface area contributed by atoms with Crippen molar-refractivity contribution >= 4 is 5.57 Å². The number of hydrogen-bond donors (Lipinski definition) is 1. The zero-order valence-electron chi connectivity index (χ0n) is 16.5. The number of nitrogens with one attached hydrogen (secondary N) is 1. The second kappa shape index (κ2) is 9.55. The lowest BCUT2D eigenvalue weighted by Crippen LogP contribution is -2.42. The van der Waals surface area contributed by atoms with Crippen molar-refractivity contribution in [3.63, 3.8) is 0 Å². The molecule has 1 unspecified atom stereocenters. The highest BCUT2D eigenvalue weighted by Crippen LogP contribution is 2.34. The summed E-state index contributed by atoms with van der Waals surface area (Å²) in [5, 5.41) is 3.79. The summed E-state index contributed by atoms with van der Waals surface area (Å²) in [5.74, 6) is 0. The third kappa shape index (κ3) is 5.57. The second-order valence-corrected chi connectivity index (χ2v) is 7.68. The van der Waals surface area contributed by atoms with Crippen LogP contribution in [0.15, 0.2) is 90.2 Å². The van der Waals surface area contributed by atoms with Gasteiger partial charge in [0.25, 0.3) is 0 Å². The average molecular weight is 358 g/mol. The van der Waals surface area contributed by atoms with Crippen molar-refractivity contribution in [1.82, 2.24) is 5.32 Å². The van der Waals surface area contributed by atoms with Crippen molar-refractivity contribution in [2.24, 2.45) is 0 Å². The van der Waals surface area contributed by atoms with Crippen molar-refractivity contribution in [3.8, 4) is 0 Å². The van der Waals surface area contributed by atoms with Crippen LogP contribution in [-0.2, 0) is 0 Å². The minimum Gasteiger partial charge on any atom is -0.308 e. The van der Waals surface area contributed by atoms with Crippen molar-refractivity contribution < 1.29 is 0 Å². The summed E-state index contributed by atoms with van der Waals surface area (Å²) in [7, 11) is 0. The van der Waals surface area contributed by atoms with Gasteiger partial charge in [0.2, 0.25) is 0 Å². The maximum atomic E-state index is 3.79. The Morgan fingerprint density at radius 1 is 1.19 bits per heavy atom. The molecule has 0 saturated carbocycles. The van der Waals surface area contributed by atoms with E-state index in [0.717, 1.165) is 19.4 Å². The van der Waals surface area contributed by atoms with Crippen LogP contribution >= 0.6 is 0 Å². The molecule has 0 aliphatic heterocycles. The fourth-order valence-corrected chi connectivity index (χ4v) is 3.88. The molecule has 1 nitrogen and oxygen atoms in total. The van der Waals surface area contributed by atoms with Crippen molar-refractivity contribution in [1.29, 1.82) is 0 Å². The van der Waals surface area contributed by atoms with E-state index in [-0.39, 0.29) is 5.54 Å². The van der Waals surface area contributed by atoms with Gasteiger partial charge in [-0.25, -0.2) is 0 Å². The lowest BCUT2D eigenvalue weighted by molar-refractivity contribution is 0.432. The van der Waals surface area contributed by atoms with Gasteiger partial charge < -0.3 is 5.32 Å². The Labute approximate surface area is 164 Å². The fraction of sp³-hybridized carbons (Fsp3) is 0.346. The third-order valence-electron chi connectivity index (χ3n) is 5.36. The Balaban J connectivity index is 1.64. The molecule has 2 aliphatic carbocycles. The monoisotopic (exact) mass is 357 g/mol. The van der Waals surface area contributed by atoms with Crippen LogP contribution in [0.4, 0.5) is 0 Å². The van der Waals surface area contributed by atoms with Crippen LogP contribution in [0, 0.1) is 0 Å². The summed E-state index contributed by atoms with van der Waals surface area (Å²) in [6.07, 6.45) is 20.4. The lowest BCUT2D eigenvalue weighted by atomic mass is 9.82. The fourth-order valence-electron chi connectivity index (χ4n) is 3.88. The van der Waals surface area contributed by atoms with E-state index < -0.39 is 0 Å². The summed E-state index contributed by atoms with van der Waals surface area (Å²) in [6.45, 7) is 7.08. The van der Waals surface area contributed by atoms with E-state index in [2.05, 4.69) is 85.3 Å². The minimum atomic E-state index is 0.0133. The highest BCUT2D eigenvalue weighted by molar-refractivity contribution is 5.80. The van der Waals surface area contributed by atoms with Gasteiger partial charge in [-0.15, -0.1) is 5.73 Å². The Morgan fingerprint density at radius 2 is 2.04 bits per heavy atom. The molecule has 1 aromatic carbocycles. The van der Waals surface area contributed by atoms with Gasteiger partial charge >= 0.3 is 0 Å². The highest BCUT2D eigenvalue weighted by Gasteiger charge is 2.25. The average Bonchev–Trinajstić information content (AvgIpc) is 2.71. The van der Waals surface area contributed by atoms with Crippen LogP contribution in [0.3, 0.4) is 0 Å². The van der Waals surface area contributed by atoms with Gasteiger partial charge in [0.15, 0.2) is 0 Å². The van der Waals surface area contributed by atoms with Gasteiger partial charge in [0.1, 0.15) is 0 Å². The molecule has 1 atom stereocenters. The maximum Gasteiger partial charge on any atom is 0.0376 e. The van der Waals surface area contributed by atoms with E-state index in [4.69, 9.17) is 0 Å². The Kier molecular flexibility index (Phi) is 6.87. The van der Waals surface area contributed by atoms with Gasteiger partial charge in [-0.2, -0.15) is 0 Å². The van der Waals surface area contributed by atoms with Crippen molar-refractivity contribution in [2.75, 3.05) is 6.54 Å². The van der Waals surface area contributed by atoms with Crippen LogP contribution in [0.2, 0.25) is 0 Å². The zero-order chi connectivity index (χ0) is 19.0.